The number of carbonyl (C=O) groups excluding carboxylic acids is 2. The molecule has 3 heterocycles. The van der Waals surface area contributed by atoms with Crippen molar-refractivity contribution in [3.05, 3.63) is 87.8 Å². The topological polar surface area (TPSA) is 72.0 Å². The number of pyridine rings is 1. The zero-order valence-corrected chi connectivity index (χ0v) is 32.9. The molecule has 0 atom stereocenters. The third-order valence-corrected chi connectivity index (χ3v) is 10.8. The van der Waals surface area contributed by atoms with Gasteiger partial charge in [-0.15, -0.1) is 0 Å². The maximum atomic E-state index is 15.8. The van der Waals surface area contributed by atoms with E-state index >= 15 is 4.39 Å². The summed E-state index contributed by atoms with van der Waals surface area (Å²) in [4.78, 5) is 38.0. The van der Waals surface area contributed by atoms with Crippen molar-refractivity contribution in [2.45, 2.75) is 85.5 Å². The molecule has 2 aromatic rings. The number of aryl methyl sites for hydroxylation is 2. The average molecular weight is 715 g/mol. The summed E-state index contributed by atoms with van der Waals surface area (Å²) in [5.74, 6) is 0.491. The molecule has 0 unspecified atom stereocenters. The molecule has 2 fully saturated rings. The van der Waals surface area contributed by atoms with Gasteiger partial charge in [0.2, 0.25) is 0 Å². The molecule has 0 saturated carbocycles. The number of likely N-dealkylation sites (N-methyl/N-ethyl adjacent to an activating group) is 1. The SMILES string of the molecule is CCCCN(CCC)CC1CCN(C(=O)c2cc(C)c(C3CCN(C/C(C)=C/c4c(N(C)/C=C\C(=C/C=O)NC)ccnc4C)CC3)c(F)c2)CC1. The van der Waals surface area contributed by atoms with Crippen molar-refractivity contribution in [2.24, 2.45) is 5.92 Å². The summed E-state index contributed by atoms with van der Waals surface area (Å²) in [6.45, 7) is 18.2. The van der Waals surface area contributed by atoms with E-state index in [1.807, 2.05) is 61.3 Å². The number of benzene rings is 1. The van der Waals surface area contributed by atoms with E-state index in [1.165, 1.54) is 37.0 Å². The van der Waals surface area contributed by atoms with E-state index in [2.05, 4.69) is 46.9 Å². The standard InChI is InChI=1S/C43H63FN6O2/c1-8-10-20-48(19-9-2)31-35-12-24-50(25-13-35)43(52)37-28-33(4)42(40(44)29-37)36-14-22-49(23-15-36)30-32(3)27-39-34(5)46-18-11-41(39)47(7)21-16-38(45-6)17-26-51/h11,16-18,21,26-29,35-36,45H,8-10,12-15,19-20,22-25,30-31H2,1-7H3/b21-16-,32-27+,38-17+. The summed E-state index contributed by atoms with van der Waals surface area (Å²) in [6.07, 6.45) is 17.5. The normalized spacial score (nSPS) is 17.0. The summed E-state index contributed by atoms with van der Waals surface area (Å²) in [5, 5.41) is 3.01. The van der Waals surface area contributed by atoms with Crippen molar-refractivity contribution in [1.82, 2.24) is 25.0 Å². The van der Waals surface area contributed by atoms with Crippen LogP contribution in [0.1, 0.15) is 104 Å². The maximum Gasteiger partial charge on any atom is 0.253 e. The first kappa shape index (κ1) is 40.9. The molecular formula is C43H63FN6O2. The number of nitrogens with one attached hydrogen (secondary N) is 1. The Morgan fingerprint density at radius 3 is 2.42 bits per heavy atom. The Bertz CT molecular complexity index is 1550. The molecule has 2 saturated heterocycles. The number of rotatable bonds is 17. The fourth-order valence-electron chi connectivity index (χ4n) is 7.90. The van der Waals surface area contributed by atoms with Crippen LogP contribution in [0.4, 0.5) is 10.1 Å². The number of allylic oxidation sites excluding steroid dienone is 2. The minimum absolute atomic E-state index is 0.0350. The van der Waals surface area contributed by atoms with Gasteiger partial charge >= 0.3 is 0 Å². The van der Waals surface area contributed by atoms with Crippen LogP contribution in [0.25, 0.3) is 6.08 Å². The summed E-state index contributed by atoms with van der Waals surface area (Å²) in [5.41, 5.74) is 7.14. The Balaban J connectivity index is 1.33. The van der Waals surface area contributed by atoms with Crippen LogP contribution < -0.4 is 10.2 Å². The smallest absolute Gasteiger partial charge is 0.253 e. The molecule has 2 aliphatic heterocycles. The molecule has 9 heteroatoms. The Kier molecular flexibility index (Phi) is 16.1. The number of piperidine rings is 2. The number of amides is 1. The molecule has 0 aliphatic carbocycles. The number of unbranched alkanes of at least 4 members (excludes halogenated alkanes) is 1. The van der Waals surface area contributed by atoms with Crippen LogP contribution in [0.3, 0.4) is 0 Å². The number of anilines is 1. The van der Waals surface area contributed by atoms with Crippen LogP contribution in [0.2, 0.25) is 0 Å². The second-order valence-corrected chi connectivity index (χ2v) is 14.9. The Morgan fingerprint density at radius 2 is 1.79 bits per heavy atom. The van der Waals surface area contributed by atoms with E-state index < -0.39 is 0 Å². The first-order chi connectivity index (χ1) is 25.1. The highest BCUT2D eigenvalue weighted by Crippen LogP contribution is 2.34. The lowest BCUT2D eigenvalue weighted by Crippen LogP contribution is -2.42. The van der Waals surface area contributed by atoms with E-state index in [0.717, 1.165) is 118 Å². The van der Waals surface area contributed by atoms with E-state index in [1.54, 1.807) is 7.05 Å². The molecule has 1 N–H and O–H groups in total. The third-order valence-electron chi connectivity index (χ3n) is 10.8. The lowest BCUT2D eigenvalue weighted by atomic mass is 9.85. The van der Waals surface area contributed by atoms with Gasteiger partial charge in [0.15, 0.2) is 0 Å². The van der Waals surface area contributed by atoms with Crippen LogP contribution in [-0.2, 0) is 4.79 Å². The van der Waals surface area contributed by atoms with Crippen molar-refractivity contribution in [1.29, 1.82) is 0 Å². The maximum absolute atomic E-state index is 15.8. The highest BCUT2D eigenvalue weighted by atomic mass is 19.1. The van der Waals surface area contributed by atoms with Gasteiger partial charge in [-0.25, -0.2) is 4.39 Å². The second-order valence-electron chi connectivity index (χ2n) is 14.9. The number of aromatic nitrogens is 1. The number of hydrogen-bond acceptors (Lipinski definition) is 7. The Hall–Kier alpha value is -3.82. The van der Waals surface area contributed by atoms with Gasteiger partial charge in [-0.1, -0.05) is 31.9 Å². The molecule has 0 radical (unpaired) electrons. The van der Waals surface area contributed by atoms with Crippen LogP contribution in [0.5, 0.6) is 0 Å². The van der Waals surface area contributed by atoms with Gasteiger partial charge in [-0.2, -0.15) is 0 Å². The first-order valence-electron chi connectivity index (χ1n) is 19.5. The van der Waals surface area contributed by atoms with Gasteiger partial charge in [-0.3, -0.25) is 19.5 Å². The van der Waals surface area contributed by atoms with E-state index in [4.69, 9.17) is 0 Å². The Morgan fingerprint density at radius 1 is 1.06 bits per heavy atom. The van der Waals surface area contributed by atoms with Gasteiger partial charge < -0.3 is 20.0 Å². The van der Waals surface area contributed by atoms with Crippen LogP contribution >= 0.6 is 0 Å². The molecule has 2 aliphatic rings. The molecule has 8 nitrogen and oxygen atoms in total. The summed E-state index contributed by atoms with van der Waals surface area (Å²) in [7, 11) is 3.77. The van der Waals surface area contributed by atoms with Crippen molar-refractivity contribution in [3.8, 4) is 0 Å². The molecule has 1 aromatic heterocycles. The third kappa shape index (κ3) is 11.3. The molecule has 52 heavy (non-hydrogen) atoms. The average Bonchev–Trinajstić information content (AvgIpc) is 3.13. The fourth-order valence-corrected chi connectivity index (χ4v) is 7.90. The molecular weight excluding hydrogens is 652 g/mol. The number of likely N-dealkylation sites (tertiary alicyclic amines) is 2. The fraction of sp³-hybridized carbons (Fsp3) is 0.558. The summed E-state index contributed by atoms with van der Waals surface area (Å²) >= 11 is 0. The van der Waals surface area contributed by atoms with Crippen molar-refractivity contribution in [3.63, 3.8) is 0 Å². The molecule has 0 bridgehead atoms. The van der Waals surface area contributed by atoms with Crippen LogP contribution in [0, 0.1) is 25.6 Å². The van der Waals surface area contributed by atoms with Gasteiger partial charge in [0, 0.05) is 81.3 Å². The first-order valence-corrected chi connectivity index (χ1v) is 19.5. The zero-order chi connectivity index (χ0) is 37.6. The molecule has 1 amide bonds. The molecule has 284 valence electrons. The number of carbonyl (C=O) groups is 2. The molecule has 0 spiro atoms. The van der Waals surface area contributed by atoms with Crippen molar-refractivity contribution < 1.29 is 14.0 Å². The minimum atomic E-state index is -0.236. The number of hydrogen-bond donors (Lipinski definition) is 1. The van der Waals surface area contributed by atoms with Gasteiger partial charge in [0.25, 0.3) is 5.91 Å². The lowest BCUT2D eigenvalue weighted by Gasteiger charge is -2.35. The van der Waals surface area contributed by atoms with Crippen LogP contribution in [-0.4, -0.2) is 98.3 Å². The van der Waals surface area contributed by atoms with Gasteiger partial charge in [-0.05, 0) is 133 Å². The van der Waals surface area contributed by atoms with Crippen molar-refractivity contribution >= 4 is 24.0 Å². The molecule has 1 aromatic carbocycles. The zero-order valence-electron chi connectivity index (χ0n) is 32.9. The summed E-state index contributed by atoms with van der Waals surface area (Å²) in [6, 6.07) is 5.43. The number of halogens is 1. The van der Waals surface area contributed by atoms with Crippen molar-refractivity contribution in [2.75, 3.05) is 71.4 Å². The highest BCUT2D eigenvalue weighted by Gasteiger charge is 2.28. The van der Waals surface area contributed by atoms with E-state index in [9.17, 15) is 9.59 Å². The lowest BCUT2D eigenvalue weighted by molar-refractivity contribution is -0.104. The predicted molar refractivity (Wildman–Crippen MR) is 213 cm³/mol. The quantitative estimate of drug-likeness (QED) is 0.102. The van der Waals surface area contributed by atoms with E-state index in [-0.39, 0.29) is 17.6 Å². The second kappa shape index (κ2) is 20.4. The number of nitrogens with zero attached hydrogens (tertiary/aromatic N) is 5. The number of aldehydes is 1. The summed E-state index contributed by atoms with van der Waals surface area (Å²) < 4.78 is 15.8. The highest BCUT2D eigenvalue weighted by molar-refractivity contribution is 5.94. The monoisotopic (exact) mass is 714 g/mol. The van der Waals surface area contributed by atoms with Gasteiger partial charge in [0.05, 0.1) is 5.69 Å². The minimum Gasteiger partial charge on any atom is -0.388 e. The largest absolute Gasteiger partial charge is 0.388 e. The van der Waals surface area contributed by atoms with Crippen LogP contribution in [0.15, 0.2) is 54.0 Å². The Labute approximate surface area is 312 Å². The van der Waals surface area contributed by atoms with Gasteiger partial charge in [0.1, 0.15) is 12.1 Å². The van der Waals surface area contributed by atoms with E-state index in [0.29, 0.717) is 11.5 Å². The predicted octanol–water partition coefficient (Wildman–Crippen LogP) is 7.74. The molecule has 4 rings (SSSR count).